The molecule has 0 aliphatic carbocycles. The molecule has 0 unspecified atom stereocenters. The summed E-state index contributed by atoms with van der Waals surface area (Å²) in [5, 5.41) is 0. The maximum Gasteiger partial charge on any atom is 0.242 e. The number of amides is 1. The largest absolute Gasteiger partial charge is 0.307 e. The molecular formula is C17H18ClNO. The van der Waals surface area contributed by atoms with Crippen LogP contribution in [0.2, 0.25) is 0 Å². The fraction of sp³-hybridized carbons (Fsp3) is 0.235. The van der Waals surface area contributed by atoms with Crippen LogP contribution in [0.25, 0.3) is 0 Å². The van der Waals surface area contributed by atoms with Gasteiger partial charge in [-0.1, -0.05) is 36.4 Å². The SMILES string of the molecule is Cc1ccc(N(Cc2ccccc2)C(=O)CCl)cc1C. The van der Waals surface area contributed by atoms with Gasteiger partial charge in [0.1, 0.15) is 5.88 Å². The standard InChI is InChI=1S/C17H18ClNO/c1-13-8-9-16(10-14(13)2)19(17(20)11-18)12-15-6-4-3-5-7-15/h3-10H,11-12H2,1-2H3. The summed E-state index contributed by atoms with van der Waals surface area (Å²) in [6.45, 7) is 4.64. The second-order valence-electron chi connectivity index (χ2n) is 4.87. The first-order chi connectivity index (χ1) is 9.61. The molecule has 0 spiro atoms. The van der Waals surface area contributed by atoms with Crippen LogP contribution >= 0.6 is 11.6 Å². The third-order valence-electron chi connectivity index (χ3n) is 3.40. The Morgan fingerprint density at radius 2 is 1.75 bits per heavy atom. The third-order valence-corrected chi connectivity index (χ3v) is 3.63. The summed E-state index contributed by atoms with van der Waals surface area (Å²) in [5.74, 6) is -0.0986. The molecule has 104 valence electrons. The van der Waals surface area contributed by atoms with Gasteiger partial charge in [0.05, 0.1) is 6.54 Å². The lowest BCUT2D eigenvalue weighted by atomic mass is 10.1. The average Bonchev–Trinajstić information content (AvgIpc) is 2.48. The molecule has 0 saturated heterocycles. The predicted molar refractivity (Wildman–Crippen MR) is 84.3 cm³/mol. The first-order valence-corrected chi connectivity index (χ1v) is 7.13. The van der Waals surface area contributed by atoms with E-state index in [9.17, 15) is 4.79 Å². The lowest BCUT2D eigenvalue weighted by Crippen LogP contribution is -2.31. The average molecular weight is 288 g/mol. The molecule has 2 nitrogen and oxygen atoms in total. The summed E-state index contributed by atoms with van der Waals surface area (Å²) in [5.41, 5.74) is 4.36. The van der Waals surface area contributed by atoms with Gasteiger partial charge in [-0.05, 0) is 42.7 Å². The van der Waals surface area contributed by atoms with Gasteiger partial charge in [-0.15, -0.1) is 11.6 Å². The molecule has 20 heavy (non-hydrogen) atoms. The number of alkyl halides is 1. The molecule has 2 aromatic rings. The zero-order valence-electron chi connectivity index (χ0n) is 11.8. The van der Waals surface area contributed by atoms with E-state index in [1.165, 1.54) is 11.1 Å². The highest BCUT2D eigenvalue weighted by molar-refractivity contribution is 6.29. The number of hydrogen-bond donors (Lipinski definition) is 0. The second-order valence-corrected chi connectivity index (χ2v) is 5.13. The van der Waals surface area contributed by atoms with Gasteiger partial charge in [-0.2, -0.15) is 0 Å². The fourth-order valence-corrected chi connectivity index (χ4v) is 2.20. The van der Waals surface area contributed by atoms with Crippen LogP contribution < -0.4 is 4.90 Å². The van der Waals surface area contributed by atoms with E-state index in [0.29, 0.717) is 6.54 Å². The molecule has 0 radical (unpaired) electrons. The molecule has 0 atom stereocenters. The number of hydrogen-bond acceptors (Lipinski definition) is 1. The van der Waals surface area contributed by atoms with Gasteiger partial charge in [0.25, 0.3) is 0 Å². The molecule has 2 rings (SSSR count). The smallest absolute Gasteiger partial charge is 0.242 e. The van der Waals surface area contributed by atoms with E-state index in [0.717, 1.165) is 11.3 Å². The van der Waals surface area contributed by atoms with Crippen LogP contribution in [0.15, 0.2) is 48.5 Å². The van der Waals surface area contributed by atoms with E-state index in [1.807, 2.05) is 55.5 Å². The molecule has 0 saturated carbocycles. The van der Waals surface area contributed by atoms with Crippen molar-refractivity contribution >= 4 is 23.2 Å². The van der Waals surface area contributed by atoms with E-state index in [1.54, 1.807) is 4.90 Å². The number of rotatable bonds is 4. The number of aryl methyl sites for hydroxylation is 2. The summed E-state index contributed by atoms with van der Waals surface area (Å²) in [6.07, 6.45) is 0. The van der Waals surface area contributed by atoms with Crippen molar-refractivity contribution in [3.05, 3.63) is 65.2 Å². The Bertz CT molecular complexity index is 595. The van der Waals surface area contributed by atoms with Gasteiger partial charge in [0, 0.05) is 5.69 Å². The van der Waals surface area contributed by atoms with Crippen molar-refractivity contribution in [1.29, 1.82) is 0 Å². The van der Waals surface area contributed by atoms with Gasteiger partial charge < -0.3 is 4.90 Å². The van der Waals surface area contributed by atoms with Crippen molar-refractivity contribution in [1.82, 2.24) is 0 Å². The van der Waals surface area contributed by atoms with Gasteiger partial charge in [-0.3, -0.25) is 4.79 Å². The van der Waals surface area contributed by atoms with Crippen LogP contribution in [-0.4, -0.2) is 11.8 Å². The summed E-state index contributed by atoms with van der Waals surface area (Å²) in [4.78, 5) is 13.8. The molecule has 0 bridgehead atoms. The fourth-order valence-electron chi connectivity index (χ4n) is 2.06. The van der Waals surface area contributed by atoms with Crippen molar-refractivity contribution in [2.45, 2.75) is 20.4 Å². The van der Waals surface area contributed by atoms with Gasteiger partial charge >= 0.3 is 0 Å². The van der Waals surface area contributed by atoms with E-state index < -0.39 is 0 Å². The topological polar surface area (TPSA) is 20.3 Å². The summed E-state index contributed by atoms with van der Waals surface area (Å²) >= 11 is 5.74. The highest BCUT2D eigenvalue weighted by Gasteiger charge is 2.15. The quantitative estimate of drug-likeness (QED) is 0.776. The summed E-state index contributed by atoms with van der Waals surface area (Å²) in [7, 11) is 0. The van der Waals surface area contributed by atoms with Crippen molar-refractivity contribution < 1.29 is 4.79 Å². The first kappa shape index (κ1) is 14.6. The van der Waals surface area contributed by atoms with E-state index in [4.69, 9.17) is 11.6 Å². The first-order valence-electron chi connectivity index (χ1n) is 6.59. The Hall–Kier alpha value is -1.80. The van der Waals surface area contributed by atoms with Gasteiger partial charge in [-0.25, -0.2) is 0 Å². The number of carbonyl (C=O) groups is 1. The summed E-state index contributed by atoms with van der Waals surface area (Å²) in [6, 6.07) is 16.0. The molecular weight excluding hydrogens is 270 g/mol. The van der Waals surface area contributed by atoms with Crippen LogP contribution in [0.4, 0.5) is 5.69 Å². The van der Waals surface area contributed by atoms with Gasteiger partial charge in [0.2, 0.25) is 5.91 Å². The van der Waals surface area contributed by atoms with E-state index in [2.05, 4.69) is 6.92 Å². The molecule has 0 aliphatic rings. The van der Waals surface area contributed by atoms with Crippen LogP contribution in [0.1, 0.15) is 16.7 Å². The van der Waals surface area contributed by atoms with Crippen molar-refractivity contribution in [3.63, 3.8) is 0 Å². The Morgan fingerprint density at radius 3 is 2.35 bits per heavy atom. The zero-order chi connectivity index (χ0) is 14.5. The number of carbonyl (C=O) groups excluding carboxylic acids is 1. The van der Waals surface area contributed by atoms with Crippen LogP contribution in [-0.2, 0) is 11.3 Å². The van der Waals surface area contributed by atoms with Crippen LogP contribution in [0.3, 0.4) is 0 Å². The number of anilines is 1. The zero-order valence-corrected chi connectivity index (χ0v) is 12.5. The monoisotopic (exact) mass is 287 g/mol. The highest BCUT2D eigenvalue weighted by atomic mass is 35.5. The Balaban J connectivity index is 2.32. The minimum absolute atomic E-state index is 0.0141. The number of nitrogens with zero attached hydrogens (tertiary/aromatic N) is 1. The molecule has 0 aliphatic heterocycles. The van der Waals surface area contributed by atoms with Crippen molar-refractivity contribution in [3.8, 4) is 0 Å². The number of benzene rings is 2. The molecule has 3 heteroatoms. The second kappa shape index (κ2) is 6.58. The minimum atomic E-state index is -0.0845. The predicted octanol–water partition coefficient (Wildman–Crippen LogP) is 4.08. The molecule has 0 N–H and O–H groups in total. The van der Waals surface area contributed by atoms with E-state index >= 15 is 0 Å². The van der Waals surface area contributed by atoms with Crippen molar-refractivity contribution in [2.75, 3.05) is 10.8 Å². The van der Waals surface area contributed by atoms with Crippen molar-refractivity contribution in [2.24, 2.45) is 0 Å². The van der Waals surface area contributed by atoms with Crippen LogP contribution in [0.5, 0.6) is 0 Å². The molecule has 0 heterocycles. The molecule has 2 aromatic carbocycles. The molecule has 0 aromatic heterocycles. The Labute approximate surface area is 125 Å². The maximum absolute atomic E-state index is 12.1. The highest BCUT2D eigenvalue weighted by Crippen LogP contribution is 2.21. The Kier molecular flexibility index (Phi) is 4.80. The number of halogens is 1. The van der Waals surface area contributed by atoms with E-state index in [-0.39, 0.29) is 11.8 Å². The molecule has 1 amide bonds. The Morgan fingerprint density at radius 1 is 1.05 bits per heavy atom. The normalized spacial score (nSPS) is 10.3. The third kappa shape index (κ3) is 3.40. The summed E-state index contributed by atoms with van der Waals surface area (Å²) < 4.78 is 0. The van der Waals surface area contributed by atoms with Crippen LogP contribution in [0, 0.1) is 13.8 Å². The minimum Gasteiger partial charge on any atom is -0.307 e. The lowest BCUT2D eigenvalue weighted by molar-refractivity contribution is -0.116. The van der Waals surface area contributed by atoms with Gasteiger partial charge in [0.15, 0.2) is 0 Å². The maximum atomic E-state index is 12.1. The molecule has 0 fully saturated rings. The lowest BCUT2D eigenvalue weighted by Gasteiger charge is -2.23.